The van der Waals surface area contributed by atoms with E-state index in [1.165, 1.54) is 0 Å². The van der Waals surface area contributed by atoms with Gasteiger partial charge in [-0.25, -0.2) is 0 Å². The van der Waals surface area contributed by atoms with E-state index in [-0.39, 0.29) is 5.91 Å². The largest absolute Gasteiger partial charge is 0.384 e. The normalized spacial score (nSPS) is 19.1. The van der Waals surface area contributed by atoms with E-state index in [0.29, 0.717) is 11.2 Å². The van der Waals surface area contributed by atoms with Gasteiger partial charge in [-0.15, -0.1) is 0 Å². The number of carbonyl (C=O) groups excluding carboxylic acids is 1. The Hall–Kier alpha value is -0.0900. The number of piperidine rings is 1. The minimum absolute atomic E-state index is 0.205. The van der Waals surface area contributed by atoms with Crippen molar-refractivity contribution in [3.05, 3.63) is 0 Å². The predicted octanol–water partition coefficient (Wildman–Crippen LogP) is 1.27. The van der Waals surface area contributed by atoms with Gasteiger partial charge in [0.15, 0.2) is 0 Å². The number of nitrogens with zero attached hydrogens (tertiary/aromatic N) is 1. The van der Waals surface area contributed by atoms with Crippen LogP contribution in [-0.4, -0.2) is 42.9 Å². The first-order valence-corrected chi connectivity index (χ1v) is 5.72. The van der Waals surface area contributed by atoms with E-state index >= 15 is 0 Å². The van der Waals surface area contributed by atoms with Crippen LogP contribution in [0.5, 0.6) is 0 Å². The van der Waals surface area contributed by atoms with Crippen molar-refractivity contribution < 1.29 is 9.53 Å². The van der Waals surface area contributed by atoms with Gasteiger partial charge in [0.25, 0.3) is 0 Å². The molecule has 0 N–H and O–H groups in total. The summed E-state index contributed by atoms with van der Waals surface area (Å²) in [5.41, 5.74) is 0. The van der Waals surface area contributed by atoms with E-state index in [9.17, 15) is 4.79 Å². The van der Waals surface area contributed by atoms with Crippen LogP contribution in [0, 0.1) is 5.92 Å². The molecule has 0 aromatic heterocycles. The number of carbonyl (C=O) groups is 1. The van der Waals surface area contributed by atoms with Gasteiger partial charge in [0, 0.05) is 26.8 Å². The van der Waals surface area contributed by atoms with Crippen LogP contribution < -0.4 is 0 Å². The number of likely N-dealkylation sites (tertiary alicyclic amines) is 1. The number of alkyl halides is 1. The Labute approximate surface area is 87.6 Å². The van der Waals surface area contributed by atoms with Gasteiger partial charge >= 0.3 is 0 Å². The molecule has 0 unspecified atom stereocenters. The average Bonchev–Trinajstić information content (AvgIpc) is 2.18. The van der Waals surface area contributed by atoms with Crippen LogP contribution in [0.3, 0.4) is 0 Å². The highest BCUT2D eigenvalue weighted by Crippen LogP contribution is 2.17. The smallest absolute Gasteiger partial charge is 0.233 e. The Bertz CT molecular complexity index is 167. The number of halogens is 1. The molecule has 0 spiro atoms. The van der Waals surface area contributed by atoms with Crippen molar-refractivity contribution in [3.63, 3.8) is 0 Å². The molecule has 0 aliphatic carbocycles. The monoisotopic (exact) mass is 249 g/mol. The highest BCUT2D eigenvalue weighted by Gasteiger charge is 2.21. The third kappa shape index (κ3) is 3.27. The maximum Gasteiger partial charge on any atom is 0.233 e. The number of methoxy groups -OCH3 is 1. The lowest BCUT2D eigenvalue weighted by molar-refractivity contribution is -0.129. The molecule has 0 radical (unpaired) electrons. The van der Waals surface area contributed by atoms with Crippen molar-refractivity contribution in [2.75, 3.05) is 32.1 Å². The van der Waals surface area contributed by atoms with E-state index < -0.39 is 0 Å². The zero-order valence-electron chi connectivity index (χ0n) is 7.96. The van der Waals surface area contributed by atoms with Crippen LogP contribution in [0.2, 0.25) is 0 Å². The summed E-state index contributed by atoms with van der Waals surface area (Å²) in [4.78, 5) is 13.2. The molecule has 3 nitrogen and oxygen atoms in total. The van der Waals surface area contributed by atoms with E-state index in [2.05, 4.69) is 15.9 Å². The second kappa shape index (κ2) is 5.60. The van der Waals surface area contributed by atoms with Crippen LogP contribution in [0.4, 0.5) is 0 Å². The molecule has 0 atom stereocenters. The minimum atomic E-state index is 0.205. The first-order valence-electron chi connectivity index (χ1n) is 4.60. The average molecular weight is 250 g/mol. The molecular formula is C9H16BrNO2. The molecule has 1 aliphatic rings. The molecule has 0 saturated carbocycles. The van der Waals surface area contributed by atoms with Crippen LogP contribution in [-0.2, 0) is 9.53 Å². The molecule has 1 rings (SSSR count). The van der Waals surface area contributed by atoms with Gasteiger partial charge in [0.05, 0.1) is 5.33 Å². The summed E-state index contributed by atoms with van der Waals surface area (Å²) in [6.45, 7) is 2.60. The number of ether oxygens (including phenoxy) is 1. The van der Waals surface area contributed by atoms with E-state index in [0.717, 1.165) is 32.5 Å². The molecular weight excluding hydrogens is 234 g/mol. The van der Waals surface area contributed by atoms with Gasteiger partial charge in [-0.05, 0) is 18.8 Å². The summed E-state index contributed by atoms with van der Waals surface area (Å²) < 4.78 is 5.09. The number of amides is 1. The Morgan fingerprint density at radius 1 is 1.54 bits per heavy atom. The summed E-state index contributed by atoms with van der Waals surface area (Å²) in [6.07, 6.45) is 2.15. The molecule has 0 aromatic carbocycles. The molecule has 1 saturated heterocycles. The number of hydrogen-bond acceptors (Lipinski definition) is 2. The van der Waals surface area contributed by atoms with Crippen molar-refractivity contribution in [3.8, 4) is 0 Å². The Kier molecular flexibility index (Phi) is 4.73. The fourth-order valence-corrected chi connectivity index (χ4v) is 2.02. The maximum absolute atomic E-state index is 11.3. The quantitative estimate of drug-likeness (QED) is 0.706. The Morgan fingerprint density at radius 3 is 2.62 bits per heavy atom. The van der Waals surface area contributed by atoms with Crippen molar-refractivity contribution in [2.45, 2.75) is 12.8 Å². The van der Waals surface area contributed by atoms with Crippen LogP contribution >= 0.6 is 15.9 Å². The van der Waals surface area contributed by atoms with Gasteiger partial charge in [-0.2, -0.15) is 0 Å². The second-order valence-electron chi connectivity index (χ2n) is 3.41. The summed E-state index contributed by atoms with van der Waals surface area (Å²) >= 11 is 3.18. The van der Waals surface area contributed by atoms with Gasteiger partial charge < -0.3 is 9.64 Å². The van der Waals surface area contributed by atoms with Gasteiger partial charge in [0.1, 0.15) is 0 Å². The standard InChI is InChI=1S/C9H16BrNO2/c1-13-7-8-2-4-11(5-3-8)9(12)6-10/h8H,2-7H2,1H3. The molecule has 4 heteroatoms. The highest BCUT2D eigenvalue weighted by atomic mass is 79.9. The molecule has 0 bridgehead atoms. The SMILES string of the molecule is COCC1CCN(C(=O)CBr)CC1. The third-order valence-corrected chi connectivity index (χ3v) is 2.96. The maximum atomic E-state index is 11.3. The molecule has 1 heterocycles. The van der Waals surface area contributed by atoms with Gasteiger partial charge in [-0.3, -0.25) is 4.79 Å². The number of rotatable bonds is 3. The summed E-state index contributed by atoms with van der Waals surface area (Å²) in [7, 11) is 1.73. The first-order chi connectivity index (χ1) is 6.27. The zero-order valence-corrected chi connectivity index (χ0v) is 9.55. The molecule has 1 aliphatic heterocycles. The molecule has 0 aromatic rings. The van der Waals surface area contributed by atoms with Crippen molar-refractivity contribution in [2.24, 2.45) is 5.92 Å². The van der Waals surface area contributed by atoms with Crippen molar-refractivity contribution in [1.29, 1.82) is 0 Å². The molecule has 1 fully saturated rings. The molecule has 1 amide bonds. The van der Waals surface area contributed by atoms with E-state index in [1.807, 2.05) is 4.90 Å². The summed E-state index contributed by atoms with van der Waals surface area (Å²) in [6, 6.07) is 0. The second-order valence-corrected chi connectivity index (χ2v) is 3.97. The Balaban J connectivity index is 2.26. The summed E-state index contributed by atoms with van der Waals surface area (Å²) in [5.74, 6) is 0.847. The lowest BCUT2D eigenvalue weighted by atomic mass is 9.98. The molecule has 13 heavy (non-hydrogen) atoms. The van der Waals surface area contributed by atoms with Crippen molar-refractivity contribution >= 4 is 21.8 Å². The fraction of sp³-hybridized carbons (Fsp3) is 0.889. The van der Waals surface area contributed by atoms with Gasteiger partial charge in [-0.1, -0.05) is 15.9 Å². The lowest BCUT2D eigenvalue weighted by Crippen LogP contribution is -2.39. The highest BCUT2D eigenvalue weighted by molar-refractivity contribution is 9.09. The van der Waals surface area contributed by atoms with Crippen molar-refractivity contribution in [1.82, 2.24) is 4.90 Å². The topological polar surface area (TPSA) is 29.5 Å². The predicted molar refractivity (Wildman–Crippen MR) is 55.0 cm³/mol. The van der Waals surface area contributed by atoms with Crippen LogP contribution in [0.15, 0.2) is 0 Å². The van der Waals surface area contributed by atoms with E-state index in [4.69, 9.17) is 4.74 Å². The first kappa shape index (κ1) is 11.0. The Morgan fingerprint density at radius 2 is 2.15 bits per heavy atom. The minimum Gasteiger partial charge on any atom is -0.384 e. The lowest BCUT2D eigenvalue weighted by Gasteiger charge is -2.31. The fourth-order valence-electron chi connectivity index (χ4n) is 1.67. The zero-order chi connectivity index (χ0) is 9.68. The third-order valence-electron chi connectivity index (χ3n) is 2.48. The van der Waals surface area contributed by atoms with Gasteiger partial charge in [0.2, 0.25) is 5.91 Å². The summed E-state index contributed by atoms with van der Waals surface area (Å²) in [5, 5.41) is 0.446. The van der Waals surface area contributed by atoms with Crippen LogP contribution in [0.25, 0.3) is 0 Å². The molecule has 76 valence electrons. The van der Waals surface area contributed by atoms with Crippen LogP contribution in [0.1, 0.15) is 12.8 Å². The van der Waals surface area contributed by atoms with E-state index in [1.54, 1.807) is 7.11 Å². The number of hydrogen-bond donors (Lipinski definition) is 0.